The van der Waals surface area contributed by atoms with Crippen molar-refractivity contribution in [1.82, 2.24) is 4.90 Å². The van der Waals surface area contributed by atoms with E-state index in [1.807, 2.05) is 23.1 Å². The minimum absolute atomic E-state index is 0.291. The van der Waals surface area contributed by atoms with E-state index in [2.05, 4.69) is 18.7 Å². The lowest BCUT2D eigenvalue weighted by atomic mass is 10.1. The van der Waals surface area contributed by atoms with E-state index < -0.39 is 0 Å². The average molecular weight is 218 g/mol. The Morgan fingerprint density at radius 3 is 2.62 bits per heavy atom. The Morgan fingerprint density at radius 2 is 2.06 bits per heavy atom. The van der Waals surface area contributed by atoms with E-state index >= 15 is 0 Å². The topological polar surface area (TPSA) is 46.3 Å². The number of rotatable bonds is 7. The van der Waals surface area contributed by atoms with Gasteiger partial charge in [0, 0.05) is 13.1 Å². The highest BCUT2D eigenvalue weighted by atomic mass is 16.1. The van der Waals surface area contributed by atoms with Crippen LogP contribution in [0.1, 0.15) is 5.56 Å². The number of carbonyl (C=O) groups is 1. The lowest BCUT2D eigenvalue weighted by Gasteiger charge is -2.18. The highest BCUT2D eigenvalue weighted by molar-refractivity contribution is 5.75. The monoisotopic (exact) mass is 218 g/mol. The second-order valence-corrected chi connectivity index (χ2v) is 3.73. The molecule has 3 heteroatoms. The summed E-state index contributed by atoms with van der Waals surface area (Å²) in [6, 6.07) is 10.2. The van der Waals surface area contributed by atoms with Gasteiger partial charge >= 0.3 is 0 Å². The molecule has 1 rings (SSSR count). The number of nitrogens with zero attached hydrogens (tertiary/aromatic N) is 1. The molecule has 0 spiro atoms. The summed E-state index contributed by atoms with van der Waals surface area (Å²) in [6.45, 7) is 5.47. The van der Waals surface area contributed by atoms with Gasteiger partial charge < -0.3 is 5.73 Å². The van der Waals surface area contributed by atoms with Gasteiger partial charge in [0.05, 0.1) is 6.54 Å². The maximum absolute atomic E-state index is 10.8. The summed E-state index contributed by atoms with van der Waals surface area (Å²) in [5.41, 5.74) is 6.44. The smallest absolute Gasteiger partial charge is 0.231 e. The molecule has 0 fully saturated rings. The molecule has 0 atom stereocenters. The van der Waals surface area contributed by atoms with Gasteiger partial charge in [-0.05, 0) is 12.0 Å². The normalized spacial score (nSPS) is 10.3. The third-order valence-corrected chi connectivity index (χ3v) is 2.33. The number of amides is 1. The minimum Gasteiger partial charge on any atom is -0.369 e. The zero-order valence-electron chi connectivity index (χ0n) is 9.43. The van der Waals surface area contributed by atoms with E-state index in [1.165, 1.54) is 5.56 Å². The molecular weight excluding hydrogens is 200 g/mol. The van der Waals surface area contributed by atoms with E-state index in [1.54, 1.807) is 6.08 Å². The molecule has 1 amide bonds. The van der Waals surface area contributed by atoms with Gasteiger partial charge in [0.2, 0.25) is 5.91 Å². The Kier molecular flexibility index (Phi) is 5.29. The lowest BCUT2D eigenvalue weighted by Crippen LogP contribution is -2.35. The lowest BCUT2D eigenvalue weighted by molar-refractivity contribution is -0.119. The minimum atomic E-state index is -0.296. The molecule has 0 aliphatic rings. The molecule has 0 aliphatic heterocycles. The van der Waals surface area contributed by atoms with Crippen molar-refractivity contribution in [2.75, 3.05) is 19.6 Å². The fourth-order valence-electron chi connectivity index (χ4n) is 1.57. The van der Waals surface area contributed by atoms with Crippen LogP contribution in [0.25, 0.3) is 0 Å². The van der Waals surface area contributed by atoms with Crippen LogP contribution in [-0.4, -0.2) is 30.4 Å². The number of carbonyl (C=O) groups excluding carboxylic acids is 1. The molecule has 0 unspecified atom stereocenters. The second-order valence-electron chi connectivity index (χ2n) is 3.73. The highest BCUT2D eigenvalue weighted by Gasteiger charge is 2.06. The van der Waals surface area contributed by atoms with Crippen molar-refractivity contribution in [3.8, 4) is 0 Å². The predicted octanol–water partition coefficient (Wildman–Crippen LogP) is 1.20. The molecular formula is C13H18N2O. The summed E-state index contributed by atoms with van der Waals surface area (Å²) in [5, 5.41) is 0. The maximum atomic E-state index is 10.8. The van der Waals surface area contributed by atoms with Crippen LogP contribution in [0, 0.1) is 0 Å². The number of hydrogen-bond donors (Lipinski definition) is 1. The van der Waals surface area contributed by atoms with Gasteiger partial charge in [-0.15, -0.1) is 6.58 Å². The molecule has 16 heavy (non-hydrogen) atoms. The summed E-state index contributed by atoms with van der Waals surface area (Å²) in [6.07, 6.45) is 2.70. The zero-order valence-corrected chi connectivity index (χ0v) is 9.43. The Labute approximate surface area is 96.6 Å². The third-order valence-electron chi connectivity index (χ3n) is 2.33. The quantitative estimate of drug-likeness (QED) is 0.699. The fraction of sp³-hybridized carbons (Fsp3) is 0.308. The average Bonchev–Trinajstić information content (AvgIpc) is 2.27. The first-order valence-corrected chi connectivity index (χ1v) is 5.38. The molecule has 0 bridgehead atoms. The molecule has 0 saturated carbocycles. The molecule has 0 heterocycles. The number of benzene rings is 1. The largest absolute Gasteiger partial charge is 0.369 e. The van der Waals surface area contributed by atoms with Gasteiger partial charge in [0.1, 0.15) is 0 Å². The van der Waals surface area contributed by atoms with Crippen molar-refractivity contribution in [1.29, 1.82) is 0 Å². The maximum Gasteiger partial charge on any atom is 0.231 e. The molecule has 1 aromatic rings. The summed E-state index contributed by atoms with van der Waals surface area (Å²) < 4.78 is 0. The molecule has 1 aromatic carbocycles. The Morgan fingerprint density at radius 1 is 1.38 bits per heavy atom. The standard InChI is InChI=1S/C13H18N2O/c1-2-9-15(11-13(14)16)10-8-12-6-4-3-5-7-12/h2-7H,1,8-11H2,(H2,14,16). The predicted molar refractivity (Wildman–Crippen MR) is 66.0 cm³/mol. The summed E-state index contributed by atoms with van der Waals surface area (Å²) in [4.78, 5) is 12.8. The first-order chi connectivity index (χ1) is 7.72. The second kappa shape index (κ2) is 6.80. The van der Waals surface area contributed by atoms with E-state index in [0.717, 1.165) is 13.0 Å². The Hall–Kier alpha value is -1.61. The molecule has 3 nitrogen and oxygen atoms in total. The van der Waals surface area contributed by atoms with E-state index in [9.17, 15) is 4.79 Å². The molecule has 0 aliphatic carbocycles. The van der Waals surface area contributed by atoms with Crippen LogP contribution in [0.4, 0.5) is 0 Å². The first-order valence-electron chi connectivity index (χ1n) is 5.38. The van der Waals surface area contributed by atoms with Gasteiger partial charge in [-0.2, -0.15) is 0 Å². The highest BCUT2D eigenvalue weighted by Crippen LogP contribution is 2.01. The van der Waals surface area contributed by atoms with Crippen molar-refractivity contribution in [3.05, 3.63) is 48.6 Å². The third kappa shape index (κ3) is 4.75. The van der Waals surface area contributed by atoms with Crippen molar-refractivity contribution in [2.45, 2.75) is 6.42 Å². The van der Waals surface area contributed by atoms with Crippen LogP contribution in [0.2, 0.25) is 0 Å². The molecule has 0 aromatic heterocycles. The molecule has 0 saturated heterocycles. The number of nitrogens with two attached hydrogens (primary N) is 1. The van der Waals surface area contributed by atoms with Gasteiger partial charge in [0.15, 0.2) is 0 Å². The van der Waals surface area contributed by atoms with Gasteiger partial charge in [-0.25, -0.2) is 0 Å². The van der Waals surface area contributed by atoms with Gasteiger partial charge in [0.25, 0.3) is 0 Å². The fourth-order valence-corrected chi connectivity index (χ4v) is 1.57. The first kappa shape index (κ1) is 12.5. The Bertz CT molecular complexity index is 335. The van der Waals surface area contributed by atoms with Crippen LogP contribution in [-0.2, 0) is 11.2 Å². The van der Waals surface area contributed by atoms with Gasteiger partial charge in [-0.1, -0.05) is 36.4 Å². The summed E-state index contributed by atoms with van der Waals surface area (Å²) in [5.74, 6) is -0.296. The van der Waals surface area contributed by atoms with Crippen LogP contribution in [0.15, 0.2) is 43.0 Å². The van der Waals surface area contributed by atoms with Crippen molar-refractivity contribution < 1.29 is 4.79 Å². The summed E-state index contributed by atoms with van der Waals surface area (Å²) >= 11 is 0. The van der Waals surface area contributed by atoms with Crippen LogP contribution >= 0.6 is 0 Å². The SMILES string of the molecule is C=CCN(CCc1ccccc1)CC(N)=O. The van der Waals surface area contributed by atoms with Gasteiger partial charge in [-0.3, -0.25) is 9.69 Å². The summed E-state index contributed by atoms with van der Waals surface area (Å²) in [7, 11) is 0. The van der Waals surface area contributed by atoms with Crippen LogP contribution in [0.3, 0.4) is 0 Å². The van der Waals surface area contributed by atoms with Crippen LogP contribution < -0.4 is 5.73 Å². The van der Waals surface area contributed by atoms with E-state index in [0.29, 0.717) is 13.1 Å². The Balaban J connectivity index is 2.43. The van der Waals surface area contributed by atoms with E-state index in [-0.39, 0.29) is 5.91 Å². The molecule has 2 N–H and O–H groups in total. The van der Waals surface area contributed by atoms with E-state index in [4.69, 9.17) is 5.73 Å². The molecule has 0 radical (unpaired) electrons. The van der Waals surface area contributed by atoms with Crippen molar-refractivity contribution in [2.24, 2.45) is 5.73 Å². The number of primary amides is 1. The van der Waals surface area contributed by atoms with Crippen LogP contribution in [0.5, 0.6) is 0 Å². The van der Waals surface area contributed by atoms with Crippen molar-refractivity contribution in [3.63, 3.8) is 0 Å². The number of hydrogen-bond acceptors (Lipinski definition) is 2. The zero-order chi connectivity index (χ0) is 11.8. The molecule has 86 valence electrons. The van der Waals surface area contributed by atoms with Crippen molar-refractivity contribution >= 4 is 5.91 Å².